The third kappa shape index (κ3) is 1.73. The van der Waals surface area contributed by atoms with Crippen molar-refractivity contribution < 1.29 is 0 Å². The van der Waals surface area contributed by atoms with Gasteiger partial charge < -0.3 is 4.90 Å². The van der Waals surface area contributed by atoms with Gasteiger partial charge in [-0.2, -0.15) is 0 Å². The molecule has 0 bridgehead atoms. The van der Waals surface area contributed by atoms with Crippen molar-refractivity contribution in [2.24, 2.45) is 0 Å². The molecule has 0 radical (unpaired) electrons. The van der Waals surface area contributed by atoms with Gasteiger partial charge in [0.2, 0.25) is 0 Å². The summed E-state index contributed by atoms with van der Waals surface area (Å²) in [6.45, 7) is 8.35. The molecule has 0 amide bonds. The zero-order chi connectivity index (χ0) is 11.5. The van der Waals surface area contributed by atoms with Crippen molar-refractivity contribution in [2.75, 3.05) is 18.0 Å². The quantitative estimate of drug-likeness (QED) is 0.788. The fraction of sp³-hybridized carbons (Fsp3) is 0.385. The van der Waals surface area contributed by atoms with Gasteiger partial charge >= 0.3 is 0 Å². The second kappa shape index (κ2) is 4.47. The van der Waals surface area contributed by atoms with Crippen molar-refractivity contribution in [3.63, 3.8) is 0 Å². The van der Waals surface area contributed by atoms with Crippen molar-refractivity contribution in [3.05, 3.63) is 30.1 Å². The van der Waals surface area contributed by atoms with Gasteiger partial charge in [-0.05, 0) is 32.4 Å². The van der Waals surface area contributed by atoms with E-state index in [4.69, 9.17) is 0 Å². The number of aromatic nitrogens is 2. The van der Waals surface area contributed by atoms with Crippen LogP contribution < -0.4 is 4.90 Å². The molecule has 0 fully saturated rings. The summed E-state index contributed by atoms with van der Waals surface area (Å²) >= 11 is 0. The van der Waals surface area contributed by atoms with Crippen LogP contribution in [-0.4, -0.2) is 23.1 Å². The van der Waals surface area contributed by atoms with Gasteiger partial charge in [0, 0.05) is 18.5 Å². The largest absolute Gasteiger partial charge is 0.357 e. The van der Waals surface area contributed by atoms with E-state index in [-0.39, 0.29) is 0 Å². The minimum absolute atomic E-state index is 0.969. The summed E-state index contributed by atoms with van der Waals surface area (Å²) in [7, 11) is 0. The Morgan fingerprint density at radius 1 is 1.12 bits per heavy atom. The zero-order valence-corrected chi connectivity index (χ0v) is 10.1. The Hall–Kier alpha value is -1.64. The molecule has 3 nitrogen and oxygen atoms in total. The predicted octanol–water partition coefficient (Wildman–Crippen LogP) is 2.78. The lowest BCUT2D eigenvalue weighted by Gasteiger charge is -2.21. The predicted molar refractivity (Wildman–Crippen MR) is 67.8 cm³/mol. The molecule has 2 aromatic rings. The molecule has 0 saturated carbocycles. The van der Waals surface area contributed by atoms with E-state index in [1.807, 2.05) is 12.1 Å². The summed E-state index contributed by atoms with van der Waals surface area (Å²) in [6, 6.07) is 6.19. The molecule has 0 aliphatic heterocycles. The molecule has 1 aromatic carbocycles. The first kappa shape index (κ1) is 10.9. The van der Waals surface area contributed by atoms with Crippen LogP contribution in [0.15, 0.2) is 24.5 Å². The van der Waals surface area contributed by atoms with Gasteiger partial charge in [0.05, 0.1) is 5.52 Å². The number of benzene rings is 1. The van der Waals surface area contributed by atoms with E-state index < -0.39 is 0 Å². The van der Waals surface area contributed by atoms with Crippen molar-refractivity contribution in [1.82, 2.24) is 9.97 Å². The molecule has 0 N–H and O–H groups in total. The van der Waals surface area contributed by atoms with E-state index in [1.165, 1.54) is 10.9 Å². The Morgan fingerprint density at radius 2 is 1.88 bits per heavy atom. The van der Waals surface area contributed by atoms with Crippen LogP contribution in [-0.2, 0) is 0 Å². The maximum atomic E-state index is 4.42. The molecule has 0 aliphatic carbocycles. The summed E-state index contributed by atoms with van der Waals surface area (Å²) in [4.78, 5) is 11.0. The molecule has 3 heteroatoms. The smallest absolute Gasteiger partial charge is 0.140 e. The van der Waals surface area contributed by atoms with Gasteiger partial charge in [-0.3, -0.25) is 0 Å². The number of aryl methyl sites for hydroxylation is 1. The van der Waals surface area contributed by atoms with E-state index in [1.54, 1.807) is 6.33 Å². The van der Waals surface area contributed by atoms with E-state index in [9.17, 15) is 0 Å². The second-order valence-corrected chi connectivity index (χ2v) is 3.84. The molecule has 1 heterocycles. The fourth-order valence-electron chi connectivity index (χ4n) is 2.02. The third-order valence-corrected chi connectivity index (χ3v) is 2.91. The van der Waals surface area contributed by atoms with Crippen LogP contribution in [0.2, 0.25) is 0 Å². The Kier molecular flexibility index (Phi) is 3.04. The lowest BCUT2D eigenvalue weighted by Crippen LogP contribution is -2.23. The van der Waals surface area contributed by atoms with E-state index in [0.717, 1.165) is 24.4 Å². The standard InChI is InChI=1S/C13H17N3/c1-4-16(5-2)13-12-10(3)7-6-8-11(12)14-9-15-13/h6-9H,4-5H2,1-3H3. The Balaban J connectivity index is 2.69. The molecule has 0 unspecified atom stereocenters. The van der Waals surface area contributed by atoms with Crippen molar-refractivity contribution in [3.8, 4) is 0 Å². The van der Waals surface area contributed by atoms with E-state index in [0.29, 0.717) is 0 Å². The lowest BCUT2D eigenvalue weighted by atomic mass is 10.1. The van der Waals surface area contributed by atoms with Crippen LogP contribution in [0.3, 0.4) is 0 Å². The third-order valence-electron chi connectivity index (χ3n) is 2.91. The van der Waals surface area contributed by atoms with Gasteiger partial charge in [-0.15, -0.1) is 0 Å². The average molecular weight is 215 g/mol. The van der Waals surface area contributed by atoms with Crippen LogP contribution >= 0.6 is 0 Å². The number of anilines is 1. The molecule has 0 atom stereocenters. The normalized spacial score (nSPS) is 10.7. The number of nitrogens with zero attached hydrogens (tertiary/aromatic N) is 3. The van der Waals surface area contributed by atoms with Crippen LogP contribution in [0, 0.1) is 6.92 Å². The second-order valence-electron chi connectivity index (χ2n) is 3.84. The first-order valence-corrected chi connectivity index (χ1v) is 5.73. The molecule has 0 aliphatic rings. The minimum atomic E-state index is 0.969. The number of rotatable bonds is 3. The van der Waals surface area contributed by atoms with Gasteiger partial charge in [-0.1, -0.05) is 12.1 Å². The number of hydrogen-bond donors (Lipinski definition) is 0. The van der Waals surface area contributed by atoms with Gasteiger partial charge in [-0.25, -0.2) is 9.97 Å². The highest BCUT2D eigenvalue weighted by atomic mass is 15.2. The summed E-state index contributed by atoms with van der Waals surface area (Å²) in [6.07, 6.45) is 1.65. The van der Waals surface area contributed by atoms with E-state index in [2.05, 4.69) is 41.7 Å². The highest BCUT2D eigenvalue weighted by Crippen LogP contribution is 2.25. The number of hydrogen-bond acceptors (Lipinski definition) is 3. The maximum absolute atomic E-state index is 4.42. The molecular formula is C13H17N3. The van der Waals surface area contributed by atoms with Crippen LogP contribution in [0.1, 0.15) is 19.4 Å². The molecule has 16 heavy (non-hydrogen) atoms. The van der Waals surface area contributed by atoms with Gasteiger partial charge in [0.15, 0.2) is 0 Å². The van der Waals surface area contributed by atoms with Gasteiger partial charge in [0.25, 0.3) is 0 Å². The Labute approximate surface area is 96.1 Å². The zero-order valence-electron chi connectivity index (χ0n) is 10.1. The van der Waals surface area contributed by atoms with Crippen molar-refractivity contribution >= 4 is 16.7 Å². The van der Waals surface area contributed by atoms with Crippen molar-refractivity contribution in [2.45, 2.75) is 20.8 Å². The summed E-state index contributed by atoms with van der Waals surface area (Å²) in [5.41, 5.74) is 2.26. The van der Waals surface area contributed by atoms with Crippen LogP contribution in [0.25, 0.3) is 10.9 Å². The van der Waals surface area contributed by atoms with Crippen LogP contribution in [0.5, 0.6) is 0 Å². The number of fused-ring (bicyclic) bond motifs is 1. The van der Waals surface area contributed by atoms with Crippen molar-refractivity contribution in [1.29, 1.82) is 0 Å². The minimum Gasteiger partial charge on any atom is -0.357 e. The first-order chi connectivity index (χ1) is 7.77. The molecule has 1 aromatic heterocycles. The van der Waals surface area contributed by atoms with E-state index >= 15 is 0 Å². The Bertz CT molecular complexity index is 484. The lowest BCUT2D eigenvalue weighted by molar-refractivity contribution is 0.848. The fourth-order valence-corrected chi connectivity index (χ4v) is 2.02. The molecule has 2 rings (SSSR count). The summed E-state index contributed by atoms with van der Waals surface area (Å²) in [5, 5.41) is 1.17. The summed E-state index contributed by atoms with van der Waals surface area (Å²) < 4.78 is 0. The molecular weight excluding hydrogens is 198 g/mol. The highest BCUT2D eigenvalue weighted by Gasteiger charge is 2.10. The maximum Gasteiger partial charge on any atom is 0.140 e. The summed E-state index contributed by atoms with van der Waals surface area (Å²) in [5.74, 6) is 1.05. The first-order valence-electron chi connectivity index (χ1n) is 5.73. The average Bonchev–Trinajstić information content (AvgIpc) is 2.31. The molecule has 84 valence electrons. The monoisotopic (exact) mass is 215 g/mol. The molecule has 0 saturated heterocycles. The van der Waals surface area contributed by atoms with Gasteiger partial charge in [0.1, 0.15) is 12.1 Å². The topological polar surface area (TPSA) is 29.0 Å². The molecule has 0 spiro atoms. The Morgan fingerprint density at radius 3 is 2.56 bits per heavy atom. The SMILES string of the molecule is CCN(CC)c1ncnc2cccc(C)c12. The highest BCUT2D eigenvalue weighted by molar-refractivity contribution is 5.92. The van der Waals surface area contributed by atoms with Crippen LogP contribution in [0.4, 0.5) is 5.82 Å².